The van der Waals surface area contributed by atoms with Crippen molar-refractivity contribution in [2.45, 2.75) is 31.4 Å². The molecule has 1 saturated carbocycles. The maximum Gasteiger partial charge on any atom is 0.254 e. The Kier molecular flexibility index (Phi) is 3.04. The molecule has 1 aliphatic carbocycles. The van der Waals surface area contributed by atoms with Crippen molar-refractivity contribution in [1.29, 1.82) is 0 Å². The van der Waals surface area contributed by atoms with E-state index in [4.69, 9.17) is 4.74 Å². The number of benzene rings is 1. The van der Waals surface area contributed by atoms with Crippen LogP contribution in [-0.4, -0.2) is 36.1 Å². The van der Waals surface area contributed by atoms with Crippen molar-refractivity contribution in [3.8, 4) is 0 Å². The molecule has 1 saturated heterocycles. The molecule has 2 unspecified atom stereocenters. The number of fused-ring (bicyclic) bond motifs is 1. The summed E-state index contributed by atoms with van der Waals surface area (Å²) in [7, 11) is 0. The van der Waals surface area contributed by atoms with E-state index in [1.54, 1.807) is 12.1 Å². The fourth-order valence-electron chi connectivity index (χ4n) is 2.97. The van der Waals surface area contributed by atoms with Gasteiger partial charge < -0.3 is 9.64 Å². The molecule has 96 valence electrons. The minimum absolute atomic E-state index is 0.0744. The molecule has 18 heavy (non-hydrogen) atoms. The van der Waals surface area contributed by atoms with Crippen LogP contribution in [0.15, 0.2) is 24.3 Å². The molecule has 1 heterocycles. The number of nitrogens with zero attached hydrogens (tertiary/aromatic N) is 1. The second kappa shape index (κ2) is 4.69. The summed E-state index contributed by atoms with van der Waals surface area (Å²) < 4.78 is 18.8. The lowest BCUT2D eigenvalue weighted by atomic mass is 10.1. The second-order valence-corrected chi connectivity index (χ2v) is 4.92. The smallest absolute Gasteiger partial charge is 0.254 e. The maximum absolute atomic E-state index is 13.2. The number of rotatable bonds is 1. The van der Waals surface area contributed by atoms with E-state index < -0.39 is 0 Å². The van der Waals surface area contributed by atoms with E-state index in [9.17, 15) is 9.18 Å². The summed E-state index contributed by atoms with van der Waals surface area (Å²) in [6.45, 7) is 1.19. The van der Waals surface area contributed by atoms with E-state index in [1.165, 1.54) is 12.1 Å². The molecule has 3 nitrogen and oxygen atoms in total. The minimum Gasteiger partial charge on any atom is -0.374 e. The minimum atomic E-state index is -0.364. The first-order chi connectivity index (χ1) is 8.75. The first-order valence-electron chi connectivity index (χ1n) is 6.44. The number of hydrogen-bond donors (Lipinski definition) is 0. The molecule has 3 rings (SSSR count). The van der Waals surface area contributed by atoms with Gasteiger partial charge in [-0.1, -0.05) is 6.07 Å². The average Bonchev–Trinajstić information content (AvgIpc) is 2.86. The third-order valence-electron chi connectivity index (χ3n) is 3.81. The molecule has 2 aliphatic rings. The summed E-state index contributed by atoms with van der Waals surface area (Å²) in [6, 6.07) is 6.09. The van der Waals surface area contributed by atoms with E-state index in [2.05, 4.69) is 0 Å². The highest BCUT2D eigenvalue weighted by molar-refractivity contribution is 5.94. The normalized spacial score (nSPS) is 27.1. The quantitative estimate of drug-likeness (QED) is 0.763. The SMILES string of the molecule is O=C(c1cccc(F)c1)N1CCOC2CCCC21. The number of ether oxygens (including phenoxy) is 1. The predicted octanol–water partition coefficient (Wildman–Crippen LogP) is 2.22. The number of amides is 1. The van der Waals surface area contributed by atoms with Crippen LogP contribution >= 0.6 is 0 Å². The fraction of sp³-hybridized carbons (Fsp3) is 0.500. The van der Waals surface area contributed by atoms with Crippen LogP contribution in [0.5, 0.6) is 0 Å². The molecule has 0 aromatic heterocycles. The van der Waals surface area contributed by atoms with Crippen LogP contribution in [0.4, 0.5) is 4.39 Å². The molecular formula is C14H16FNO2. The van der Waals surface area contributed by atoms with Crippen LogP contribution in [0, 0.1) is 5.82 Å². The van der Waals surface area contributed by atoms with E-state index >= 15 is 0 Å². The summed E-state index contributed by atoms with van der Waals surface area (Å²) in [5, 5.41) is 0. The molecule has 2 fully saturated rings. The lowest BCUT2D eigenvalue weighted by Gasteiger charge is -2.37. The predicted molar refractivity (Wildman–Crippen MR) is 64.8 cm³/mol. The number of carbonyl (C=O) groups is 1. The zero-order chi connectivity index (χ0) is 12.5. The van der Waals surface area contributed by atoms with E-state index in [-0.39, 0.29) is 23.9 Å². The van der Waals surface area contributed by atoms with Gasteiger partial charge in [-0.3, -0.25) is 4.79 Å². The topological polar surface area (TPSA) is 29.5 Å². The van der Waals surface area contributed by atoms with Crippen molar-refractivity contribution in [2.75, 3.05) is 13.2 Å². The summed E-state index contributed by atoms with van der Waals surface area (Å²) in [6.07, 6.45) is 3.29. The summed E-state index contributed by atoms with van der Waals surface area (Å²) in [5.41, 5.74) is 0.433. The Balaban J connectivity index is 1.83. The lowest BCUT2D eigenvalue weighted by molar-refractivity contribution is -0.0445. The molecule has 4 heteroatoms. The van der Waals surface area contributed by atoms with Gasteiger partial charge in [0.05, 0.1) is 18.8 Å². The largest absolute Gasteiger partial charge is 0.374 e. The molecule has 1 aliphatic heterocycles. The van der Waals surface area contributed by atoms with Crippen molar-refractivity contribution in [3.05, 3.63) is 35.6 Å². The third-order valence-corrected chi connectivity index (χ3v) is 3.81. The molecule has 0 spiro atoms. The number of halogens is 1. The Labute approximate surface area is 106 Å². The maximum atomic E-state index is 13.2. The van der Waals surface area contributed by atoms with Gasteiger partial charge in [-0.05, 0) is 37.5 Å². The summed E-state index contributed by atoms with van der Waals surface area (Å²) in [4.78, 5) is 14.3. The van der Waals surface area contributed by atoms with Gasteiger partial charge in [-0.25, -0.2) is 4.39 Å². The van der Waals surface area contributed by atoms with Crippen molar-refractivity contribution < 1.29 is 13.9 Å². The van der Waals surface area contributed by atoms with Gasteiger partial charge in [0.1, 0.15) is 5.82 Å². The standard InChI is InChI=1S/C14H16FNO2/c15-11-4-1-3-10(9-11)14(17)16-7-8-18-13-6-2-5-12(13)16/h1,3-4,9,12-13H,2,5-8H2. The highest BCUT2D eigenvalue weighted by Gasteiger charge is 2.38. The third kappa shape index (κ3) is 2.01. The molecule has 0 bridgehead atoms. The molecular weight excluding hydrogens is 233 g/mol. The number of morpholine rings is 1. The van der Waals surface area contributed by atoms with Crippen molar-refractivity contribution in [3.63, 3.8) is 0 Å². The van der Waals surface area contributed by atoms with Crippen LogP contribution in [0.25, 0.3) is 0 Å². The first kappa shape index (κ1) is 11.7. The van der Waals surface area contributed by atoms with Gasteiger partial charge in [0.2, 0.25) is 0 Å². The van der Waals surface area contributed by atoms with Crippen LogP contribution in [0.1, 0.15) is 29.6 Å². The monoisotopic (exact) mass is 249 g/mol. The summed E-state index contributed by atoms with van der Waals surface area (Å²) >= 11 is 0. The zero-order valence-electron chi connectivity index (χ0n) is 10.1. The molecule has 1 aromatic carbocycles. The van der Waals surface area contributed by atoms with Crippen LogP contribution in [-0.2, 0) is 4.74 Å². The van der Waals surface area contributed by atoms with E-state index in [1.807, 2.05) is 4.90 Å². The van der Waals surface area contributed by atoms with Gasteiger partial charge in [-0.2, -0.15) is 0 Å². The highest BCUT2D eigenvalue weighted by atomic mass is 19.1. The van der Waals surface area contributed by atoms with Gasteiger partial charge in [0, 0.05) is 12.1 Å². The van der Waals surface area contributed by atoms with Gasteiger partial charge in [-0.15, -0.1) is 0 Å². The first-order valence-corrected chi connectivity index (χ1v) is 6.44. The molecule has 0 N–H and O–H groups in total. The van der Waals surface area contributed by atoms with Gasteiger partial charge in [0.15, 0.2) is 0 Å². The zero-order valence-corrected chi connectivity index (χ0v) is 10.1. The average molecular weight is 249 g/mol. The Morgan fingerprint density at radius 3 is 3.11 bits per heavy atom. The molecule has 1 amide bonds. The van der Waals surface area contributed by atoms with Gasteiger partial charge >= 0.3 is 0 Å². The molecule has 1 aromatic rings. The number of hydrogen-bond acceptors (Lipinski definition) is 2. The lowest BCUT2D eigenvalue weighted by Crippen LogP contribution is -2.51. The van der Waals surface area contributed by atoms with Crippen molar-refractivity contribution in [1.82, 2.24) is 4.90 Å². The van der Waals surface area contributed by atoms with Crippen molar-refractivity contribution >= 4 is 5.91 Å². The van der Waals surface area contributed by atoms with E-state index in [0.717, 1.165) is 19.3 Å². The Hall–Kier alpha value is -1.42. The molecule has 0 radical (unpaired) electrons. The summed E-state index contributed by atoms with van der Waals surface area (Å²) in [5.74, 6) is -0.438. The number of carbonyl (C=O) groups excluding carboxylic acids is 1. The highest BCUT2D eigenvalue weighted by Crippen LogP contribution is 2.30. The van der Waals surface area contributed by atoms with Gasteiger partial charge in [0.25, 0.3) is 5.91 Å². The Morgan fingerprint density at radius 2 is 2.28 bits per heavy atom. The molecule has 2 atom stereocenters. The van der Waals surface area contributed by atoms with Crippen LogP contribution in [0.2, 0.25) is 0 Å². The Bertz CT molecular complexity index is 463. The van der Waals surface area contributed by atoms with Crippen molar-refractivity contribution in [2.24, 2.45) is 0 Å². The van der Waals surface area contributed by atoms with E-state index in [0.29, 0.717) is 18.7 Å². The fourth-order valence-corrected chi connectivity index (χ4v) is 2.97. The Morgan fingerprint density at radius 1 is 1.39 bits per heavy atom. The second-order valence-electron chi connectivity index (χ2n) is 4.92. The van der Waals surface area contributed by atoms with Crippen LogP contribution in [0.3, 0.4) is 0 Å². The van der Waals surface area contributed by atoms with Crippen LogP contribution < -0.4 is 0 Å².